The molecule has 1 unspecified atom stereocenters. The smallest absolute Gasteiger partial charge is 0.160 e. The van der Waals surface area contributed by atoms with Crippen molar-refractivity contribution in [3.63, 3.8) is 0 Å². The number of alkyl halides is 1. The normalized spacial score (nSPS) is 12.9. The fraction of sp³-hybridized carbons (Fsp3) is 0.308. The molecule has 0 bridgehead atoms. The van der Waals surface area contributed by atoms with Crippen LogP contribution in [0.2, 0.25) is 0 Å². The van der Waals surface area contributed by atoms with E-state index < -0.39 is 0 Å². The van der Waals surface area contributed by atoms with Crippen molar-refractivity contribution in [2.75, 3.05) is 0 Å². The third-order valence-electron chi connectivity index (χ3n) is 3.16. The van der Waals surface area contributed by atoms with Gasteiger partial charge in [-0.2, -0.15) is 0 Å². The number of imidazole rings is 2. The lowest BCUT2D eigenvalue weighted by Crippen LogP contribution is -2.14. The van der Waals surface area contributed by atoms with Crippen molar-refractivity contribution in [1.82, 2.24) is 24.1 Å². The summed E-state index contributed by atoms with van der Waals surface area (Å²) < 4.78 is 5.04. The number of hydrogen-bond acceptors (Lipinski definition) is 3. The molecule has 7 heteroatoms. The van der Waals surface area contributed by atoms with Gasteiger partial charge in [0.15, 0.2) is 5.65 Å². The van der Waals surface area contributed by atoms with E-state index in [0.29, 0.717) is 5.88 Å². The van der Waals surface area contributed by atoms with Gasteiger partial charge in [0.2, 0.25) is 0 Å². The standard InChI is InChI=1S/C13H13BrClN5/c1-9(7-19-3-2-16-8-19)20-12(5-15)18-11-4-10(14)6-17-13(11)20/h2-4,6,8-9H,5,7H2,1H3. The van der Waals surface area contributed by atoms with Gasteiger partial charge in [-0.3, -0.25) is 0 Å². The maximum atomic E-state index is 6.03. The molecule has 1 atom stereocenters. The Labute approximate surface area is 129 Å². The maximum absolute atomic E-state index is 6.03. The van der Waals surface area contributed by atoms with Gasteiger partial charge in [0, 0.05) is 29.6 Å². The SMILES string of the molecule is CC(Cn1ccnc1)n1c(CCl)nc2cc(Br)cnc21. The van der Waals surface area contributed by atoms with E-state index >= 15 is 0 Å². The summed E-state index contributed by atoms with van der Waals surface area (Å²) >= 11 is 9.44. The number of rotatable bonds is 4. The minimum atomic E-state index is 0.191. The summed E-state index contributed by atoms with van der Waals surface area (Å²) in [5, 5.41) is 0. The quantitative estimate of drug-likeness (QED) is 0.675. The highest BCUT2D eigenvalue weighted by atomic mass is 79.9. The van der Waals surface area contributed by atoms with E-state index in [0.717, 1.165) is 28.0 Å². The van der Waals surface area contributed by atoms with Crippen molar-refractivity contribution >= 4 is 38.7 Å². The zero-order valence-corrected chi connectivity index (χ0v) is 13.2. The molecule has 0 aromatic carbocycles. The molecule has 20 heavy (non-hydrogen) atoms. The Balaban J connectivity index is 2.04. The summed E-state index contributed by atoms with van der Waals surface area (Å²) in [6.45, 7) is 2.92. The molecule has 0 saturated carbocycles. The van der Waals surface area contributed by atoms with E-state index in [4.69, 9.17) is 11.6 Å². The van der Waals surface area contributed by atoms with E-state index in [1.807, 2.05) is 16.8 Å². The van der Waals surface area contributed by atoms with Crippen molar-refractivity contribution in [2.45, 2.75) is 25.4 Å². The maximum Gasteiger partial charge on any atom is 0.160 e. The van der Waals surface area contributed by atoms with Gasteiger partial charge in [-0.15, -0.1) is 11.6 Å². The van der Waals surface area contributed by atoms with Crippen molar-refractivity contribution < 1.29 is 0 Å². The molecule has 3 heterocycles. The average molecular weight is 355 g/mol. The Morgan fingerprint density at radius 1 is 1.45 bits per heavy atom. The van der Waals surface area contributed by atoms with Crippen LogP contribution in [0.3, 0.4) is 0 Å². The molecule has 0 fully saturated rings. The first kappa shape index (κ1) is 13.6. The molecule has 0 saturated heterocycles. The fourth-order valence-corrected chi connectivity index (χ4v) is 2.85. The first-order valence-electron chi connectivity index (χ1n) is 6.23. The molecule has 0 amide bonds. The highest BCUT2D eigenvalue weighted by Gasteiger charge is 2.16. The molecule has 3 aromatic heterocycles. The summed E-state index contributed by atoms with van der Waals surface area (Å²) in [6, 6.07) is 2.15. The molecule has 0 aliphatic carbocycles. The van der Waals surface area contributed by atoms with Gasteiger partial charge in [0.25, 0.3) is 0 Å². The third-order valence-corrected chi connectivity index (χ3v) is 3.84. The van der Waals surface area contributed by atoms with Crippen LogP contribution in [-0.4, -0.2) is 24.1 Å². The Kier molecular flexibility index (Phi) is 3.76. The predicted octanol–water partition coefficient (Wildman–Crippen LogP) is 3.39. The van der Waals surface area contributed by atoms with Crippen LogP contribution < -0.4 is 0 Å². The number of fused-ring (bicyclic) bond motifs is 1. The zero-order chi connectivity index (χ0) is 14.1. The van der Waals surface area contributed by atoms with Gasteiger partial charge >= 0.3 is 0 Å². The van der Waals surface area contributed by atoms with Crippen LogP contribution in [-0.2, 0) is 12.4 Å². The third kappa shape index (κ3) is 2.45. The Morgan fingerprint density at radius 2 is 2.30 bits per heavy atom. The summed E-state index contributed by atoms with van der Waals surface area (Å²) in [5.41, 5.74) is 1.71. The average Bonchev–Trinajstić information content (AvgIpc) is 3.04. The number of aromatic nitrogens is 5. The molecule has 0 radical (unpaired) electrons. The molecular weight excluding hydrogens is 342 g/mol. The van der Waals surface area contributed by atoms with E-state index in [9.17, 15) is 0 Å². The monoisotopic (exact) mass is 353 g/mol. The summed E-state index contributed by atoms with van der Waals surface area (Å²) in [5.74, 6) is 1.20. The van der Waals surface area contributed by atoms with Gasteiger partial charge in [0.05, 0.1) is 18.2 Å². The summed E-state index contributed by atoms with van der Waals surface area (Å²) in [7, 11) is 0. The van der Waals surface area contributed by atoms with Crippen LogP contribution in [0, 0.1) is 0 Å². The van der Waals surface area contributed by atoms with Crippen LogP contribution in [0.4, 0.5) is 0 Å². The van der Waals surface area contributed by atoms with Gasteiger partial charge < -0.3 is 9.13 Å². The Bertz CT molecular complexity index is 722. The minimum absolute atomic E-state index is 0.191. The lowest BCUT2D eigenvalue weighted by Gasteiger charge is -2.16. The Hall–Kier alpha value is -1.40. The number of pyridine rings is 1. The fourth-order valence-electron chi connectivity index (χ4n) is 2.34. The molecular formula is C13H13BrClN5. The molecule has 0 aliphatic heterocycles. The summed E-state index contributed by atoms with van der Waals surface area (Å²) in [6.07, 6.45) is 7.30. The van der Waals surface area contributed by atoms with Crippen molar-refractivity contribution in [1.29, 1.82) is 0 Å². The molecule has 5 nitrogen and oxygen atoms in total. The highest BCUT2D eigenvalue weighted by molar-refractivity contribution is 9.10. The summed E-state index contributed by atoms with van der Waals surface area (Å²) in [4.78, 5) is 13.1. The highest BCUT2D eigenvalue weighted by Crippen LogP contribution is 2.24. The second-order valence-electron chi connectivity index (χ2n) is 4.64. The van der Waals surface area contributed by atoms with Crippen LogP contribution in [0.1, 0.15) is 18.8 Å². The van der Waals surface area contributed by atoms with Gasteiger partial charge in [0.1, 0.15) is 11.3 Å². The number of hydrogen-bond donors (Lipinski definition) is 0. The predicted molar refractivity (Wildman–Crippen MR) is 81.7 cm³/mol. The van der Waals surface area contributed by atoms with Crippen LogP contribution in [0.5, 0.6) is 0 Å². The topological polar surface area (TPSA) is 48.5 Å². The number of halogens is 2. The minimum Gasteiger partial charge on any atom is -0.335 e. The van der Waals surface area contributed by atoms with Crippen LogP contribution >= 0.6 is 27.5 Å². The van der Waals surface area contributed by atoms with Crippen LogP contribution in [0.25, 0.3) is 11.2 Å². The van der Waals surface area contributed by atoms with E-state index in [1.54, 1.807) is 18.7 Å². The lowest BCUT2D eigenvalue weighted by molar-refractivity contribution is 0.462. The van der Waals surface area contributed by atoms with Crippen molar-refractivity contribution in [3.8, 4) is 0 Å². The van der Waals surface area contributed by atoms with E-state index in [-0.39, 0.29) is 6.04 Å². The molecule has 3 rings (SSSR count). The second kappa shape index (κ2) is 5.54. The molecule has 0 spiro atoms. The first-order valence-corrected chi connectivity index (χ1v) is 7.56. The van der Waals surface area contributed by atoms with Gasteiger partial charge in [-0.25, -0.2) is 15.0 Å². The van der Waals surface area contributed by atoms with Crippen molar-refractivity contribution in [3.05, 3.63) is 41.3 Å². The van der Waals surface area contributed by atoms with Gasteiger partial charge in [-0.1, -0.05) is 0 Å². The number of nitrogens with zero attached hydrogens (tertiary/aromatic N) is 5. The largest absolute Gasteiger partial charge is 0.335 e. The molecule has 3 aromatic rings. The second-order valence-corrected chi connectivity index (χ2v) is 5.82. The molecule has 104 valence electrons. The molecule has 0 N–H and O–H groups in total. The van der Waals surface area contributed by atoms with E-state index in [1.165, 1.54) is 0 Å². The van der Waals surface area contributed by atoms with Crippen molar-refractivity contribution in [2.24, 2.45) is 0 Å². The van der Waals surface area contributed by atoms with E-state index in [2.05, 4.69) is 42.4 Å². The Morgan fingerprint density at radius 3 is 3.00 bits per heavy atom. The van der Waals surface area contributed by atoms with Gasteiger partial charge in [-0.05, 0) is 28.9 Å². The lowest BCUT2D eigenvalue weighted by atomic mass is 10.3. The van der Waals surface area contributed by atoms with Crippen LogP contribution in [0.15, 0.2) is 35.5 Å². The zero-order valence-electron chi connectivity index (χ0n) is 10.9. The first-order chi connectivity index (χ1) is 9.69. The molecule has 0 aliphatic rings.